The number of rotatable bonds is 8. The summed E-state index contributed by atoms with van der Waals surface area (Å²) in [6.45, 7) is 7.89. The third-order valence-electron chi connectivity index (χ3n) is 3.91. The Bertz CT molecular complexity index is 613. The topological polar surface area (TPSA) is 38.3 Å². The molecule has 3 heteroatoms. The Morgan fingerprint density at radius 2 is 1.54 bits per heavy atom. The van der Waals surface area contributed by atoms with Crippen molar-refractivity contribution in [3.63, 3.8) is 0 Å². The molecule has 0 aliphatic heterocycles. The summed E-state index contributed by atoms with van der Waals surface area (Å²) < 4.78 is 5.48. The minimum atomic E-state index is -0.262. The summed E-state index contributed by atoms with van der Waals surface area (Å²) in [7, 11) is 0. The van der Waals surface area contributed by atoms with Gasteiger partial charge in [0.25, 0.3) is 0 Å². The van der Waals surface area contributed by atoms with Crippen molar-refractivity contribution in [3.8, 4) is 0 Å². The summed E-state index contributed by atoms with van der Waals surface area (Å²) >= 11 is 0. The molecule has 1 N–H and O–H groups in total. The van der Waals surface area contributed by atoms with Crippen LogP contribution in [0.1, 0.15) is 37.4 Å². The molecule has 0 radical (unpaired) electrons. The van der Waals surface area contributed by atoms with Crippen LogP contribution in [-0.2, 0) is 9.53 Å². The number of carbonyl (C=O) groups excluding carboxylic acids is 1. The molecule has 0 heterocycles. The lowest BCUT2D eigenvalue weighted by atomic mass is 9.99. The summed E-state index contributed by atoms with van der Waals surface area (Å²) in [5, 5.41) is 3.32. The second-order valence-electron chi connectivity index (χ2n) is 5.87. The number of hydrogen-bond donors (Lipinski definition) is 1. The molecule has 2 rings (SSSR count). The van der Waals surface area contributed by atoms with Crippen molar-refractivity contribution < 1.29 is 9.53 Å². The fraction of sp³-hybridized carbons (Fsp3) is 0.286. The highest BCUT2D eigenvalue weighted by Crippen LogP contribution is 2.21. The molecule has 126 valence electrons. The number of hydrogen-bond acceptors (Lipinski definition) is 3. The number of esters is 1. The van der Waals surface area contributed by atoms with E-state index in [-0.39, 0.29) is 24.7 Å². The predicted octanol–water partition coefficient (Wildman–Crippen LogP) is 4.26. The van der Waals surface area contributed by atoms with Gasteiger partial charge in [0.15, 0.2) is 0 Å². The molecule has 24 heavy (non-hydrogen) atoms. The highest BCUT2D eigenvalue weighted by Gasteiger charge is 2.17. The number of benzene rings is 2. The van der Waals surface area contributed by atoms with Gasteiger partial charge in [0.05, 0.1) is 12.6 Å². The molecule has 0 aliphatic carbocycles. The molecular weight excluding hydrogens is 298 g/mol. The molecule has 1 atom stereocenters. The standard InChI is InChI=1S/C21H25NO2/c1-4-19(16(2)3)24-20(23)15-22-21(17-11-7-5-8-12-17)18-13-9-6-10-14-18/h5-14,19,21-22H,2,4,15H2,1,3H3. The molecule has 1 unspecified atom stereocenters. The van der Waals surface area contributed by atoms with Crippen LogP contribution >= 0.6 is 0 Å². The van der Waals surface area contributed by atoms with Crippen LogP contribution in [0.15, 0.2) is 72.8 Å². The number of ether oxygens (including phenoxy) is 1. The van der Waals surface area contributed by atoms with Gasteiger partial charge in [-0.1, -0.05) is 74.2 Å². The minimum Gasteiger partial charge on any atom is -0.457 e. The number of carbonyl (C=O) groups is 1. The first-order valence-electron chi connectivity index (χ1n) is 8.30. The summed E-state index contributed by atoms with van der Waals surface area (Å²) in [5.41, 5.74) is 3.10. The van der Waals surface area contributed by atoms with Crippen LogP contribution in [0.2, 0.25) is 0 Å². The zero-order valence-electron chi connectivity index (χ0n) is 14.4. The molecule has 2 aromatic rings. The van der Waals surface area contributed by atoms with E-state index in [4.69, 9.17) is 4.74 Å². The molecule has 2 aromatic carbocycles. The Kier molecular flexibility index (Phi) is 6.76. The lowest BCUT2D eigenvalue weighted by Crippen LogP contribution is -2.31. The largest absolute Gasteiger partial charge is 0.457 e. The first-order chi connectivity index (χ1) is 11.6. The van der Waals surface area contributed by atoms with Gasteiger partial charge in [0.1, 0.15) is 6.10 Å². The smallest absolute Gasteiger partial charge is 0.320 e. The van der Waals surface area contributed by atoms with Crippen LogP contribution in [0.25, 0.3) is 0 Å². The monoisotopic (exact) mass is 323 g/mol. The quantitative estimate of drug-likeness (QED) is 0.582. The normalized spacial score (nSPS) is 12.0. The molecule has 0 spiro atoms. The zero-order valence-corrected chi connectivity index (χ0v) is 14.4. The van der Waals surface area contributed by atoms with Gasteiger partial charge in [-0.25, -0.2) is 0 Å². The summed E-state index contributed by atoms with van der Waals surface area (Å²) in [5.74, 6) is -0.262. The van der Waals surface area contributed by atoms with Crippen molar-refractivity contribution in [1.29, 1.82) is 0 Å². The molecule has 0 bridgehead atoms. The van der Waals surface area contributed by atoms with E-state index in [2.05, 4.69) is 36.2 Å². The van der Waals surface area contributed by atoms with E-state index in [0.29, 0.717) is 0 Å². The van der Waals surface area contributed by atoms with Gasteiger partial charge >= 0.3 is 5.97 Å². The second-order valence-corrected chi connectivity index (χ2v) is 5.87. The van der Waals surface area contributed by atoms with Gasteiger partial charge in [0.2, 0.25) is 0 Å². The van der Waals surface area contributed by atoms with Gasteiger partial charge in [0, 0.05) is 0 Å². The minimum absolute atomic E-state index is 0.0511. The van der Waals surface area contributed by atoms with Gasteiger partial charge < -0.3 is 4.74 Å². The van der Waals surface area contributed by atoms with Crippen molar-refractivity contribution in [2.45, 2.75) is 32.4 Å². The van der Waals surface area contributed by atoms with E-state index in [1.165, 1.54) is 0 Å². The molecule has 0 aromatic heterocycles. The average Bonchev–Trinajstić information content (AvgIpc) is 2.61. The lowest BCUT2D eigenvalue weighted by molar-refractivity contribution is -0.146. The molecule has 0 aliphatic rings. The SMILES string of the molecule is C=C(C)C(CC)OC(=O)CNC(c1ccccc1)c1ccccc1. The van der Waals surface area contributed by atoms with Gasteiger partial charge in [-0.2, -0.15) is 0 Å². The second kappa shape index (κ2) is 9.04. The molecule has 0 amide bonds. The van der Waals surface area contributed by atoms with E-state index >= 15 is 0 Å². The fourth-order valence-corrected chi connectivity index (χ4v) is 2.64. The van der Waals surface area contributed by atoms with E-state index in [0.717, 1.165) is 23.1 Å². The maximum Gasteiger partial charge on any atom is 0.320 e. The van der Waals surface area contributed by atoms with Crippen LogP contribution in [0.3, 0.4) is 0 Å². The summed E-state index contributed by atoms with van der Waals surface area (Å²) in [6.07, 6.45) is 0.521. The molecular formula is C21H25NO2. The Balaban J connectivity index is 2.07. The molecule has 0 saturated heterocycles. The average molecular weight is 323 g/mol. The van der Waals surface area contributed by atoms with Crippen LogP contribution < -0.4 is 5.32 Å². The first-order valence-corrected chi connectivity index (χ1v) is 8.30. The van der Waals surface area contributed by atoms with Crippen molar-refractivity contribution >= 4 is 5.97 Å². The van der Waals surface area contributed by atoms with Crippen molar-refractivity contribution in [2.24, 2.45) is 0 Å². The van der Waals surface area contributed by atoms with Gasteiger partial charge in [-0.3, -0.25) is 10.1 Å². The van der Waals surface area contributed by atoms with Crippen LogP contribution in [0.4, 0.5) is 0 Å². The maximum atomic E-state index is 12.2. The van der Waals surface area contributed by atoms with Crippen LogP contribution in [-0.4, -0.2) is 18.6 Å². The highest BCUT2D eigenvalue weighted by molar-refractivity contribution is 5.72. The van der Waals surface area contributed by atoms with E-state index < -0.39 is 0 Å². The van der Waals surface area contributed by atoms with Crippen molar-refractivity contribution in [1.82, 2.24) is 5.32 Å². The Labute approximate surface area is 144 Å². The van der Waals surface area contributed by atoms with E-state index in [1.807, 2.05) is 50.2 Å². The van der Waals surface area contributed by atoms with Crippen molar-refractivity contribution in [2.75, 3.05) is 6.54 Å². The third kappa shape index (κ3) is 5.07. The highest BCUT2D eigenvalue weighted by atomic mass is 16.5. The van der Waals surface area contributed by atoms with Crippen molar-refractivity contribution in [3.05, 3.63) is 83.9 Å². The van der Waals surface area contributed by atoms with E-state index in [1.54, 1.807) is 0 Å². The molecule has 0 saturated carbocycles. The molecule has 0 fully saturated rings. The molecule has 3 nitrogen and oxygen atoms in total. The number of nitrogens with one attached hydrogen (secondary N) is 1. The fourth-order valence-electron chi connectivity index (χ4n) is 2.64. The summed E-state index contributed by atoms with van der Waals surface area (Å²) in [4.78, 5) is 12.2. The maximum absolute atomic E-state index is 12.2. The Morgan fingerprint density at radius 1 is 1.04 bits per heavy atom. The van der Waals surface area contributed by atoms with Crippen LogP contribution in [0, 0.1) is 0 Å². The zero-order chi connectivity index (χ0) is 17.4. The lowest BCUT2D eigenvalue weighted by Gasteiger charge is -2.21. The van der Waals surface area contributed by atoms with E-state index in [9.17, 15) is 4.79 Å². The first kappa shape index (κ1) is 18.0. The predicted molar refractivity (Wildman–Crippen MR) is 97.7 cm³/mol. The van der Waals surface area contributed by atoms with Crippen LogP contribution in [0.5, 0.6) is 0 Å². The Hall–Kier alpha value is -2.39. The van der Waals surface area contributed by atoms with Gasteiger partial charge in [-0.05, 0) is 30.0 Å². The van der Waals surface area contributed by atoms with Gasteiger partial charge in [-0.15, -0.1) is 0 Å². The summed E-state index contributed by atoms with van der Waals surface area (Å²) in [6, 6.07) is 20.1. The third-order valence-corrected chi connectivity index (χ3v) is 3.91. The Morgan fingerprint density at radius 3 is 1.96 bits per heavy atom.